The summed E-state index contributed by atoms with van der Waals surface area (Å²) >= 11 is 0. The molecule has 0 aliphatic rings. The third kappa shape index (κ3) is 11.9. The minimum atomic E-state index is -0.906. The molecule has 3 rings (SSSR count). The number of hydrogen-bond donors (Lipinski definition) is 9. The topological polar surface area (TPSA) is 245 Å². The van der Waals surface area contributed by atoms with Crippen molar-refractivity contribution in [3.05, 3.63) is 77.9 Å². The predicted octanol–water partition coefficient (Wildman–Crippen LogP) is 0.843. The van der Waals surface area contributed by atoms with E-state index in [2.05, 4.69) is 57.1 Å². The van der Waals surface area contributed by atoms with Gasteiger partial charge in [0.2, 0.25) is 11.8 Å². The lowest BCUT2D eigenvalue weighted by atomic mass is 9.99. The van der Waals surface area contributed by atoms with E-state index >= 15 is 0 Å². The third-order valence-corrected chi connectivity index (χ3v) is 7.62. The SMILES string of the molecule is C[C@H](NC[C@H](CCCN=C(N)N)NC(=O)[C@H](CCCN=C(N)N)NC(=O)[C@@H](N)Cc1ccc(O)cc1)c1cccc2ccccc12. The van der Waals surface area contributed by atoms with Crippen LogP contribution >= 0.6 is 0 Å². The Morgan fingerprint density at radius 1 is 0.804 bits per heavy atom. The van der Waals surface area contributed by atoms with Crippen molar-refractivity contribution >= 4 is 34.5 Å². The van der Waals surface area contributed by atoms with Crippen molar-refractivity contribution in [2.75, 3.05) is 19.6 Å². The van der Waals surface area contributed by atoms with E-state index in [1.165, 1.54) is 12.1 Å². The number of carbonyl (C=O) groups is 2. The number of carbonyl (C=O) groups excluding carboxylic acids is 2. The molecule has 46 heavy (non-hydrogen) atoms. The molecule has 0 fully saturated rings. The number of aliphatic imine (C=N–C) groups is 2. The van der Waals surface area contributed by atoms with Gasteiger partial charge >= 0.3 is 0 Å². The number of guanidine groups is 2. The molecular weight excluding hydrogens is 584 g/mol. The molecular formula is C33H48N10O3. The van der Waals surface area contributed by atoms with Crippen LogP contribution in [0.25, 0.3) is 10.8 Å². The minimum Gasteiger partial charge on any atom is -0.508 e. The number of hydrogen-bond acceptors (Lipinski definition) is 7. The summed E-state index contributed by atoms with van der Waals surface area (Å²) in [5, 5.41) is 21.4. The lowest BCUT2D eigenvalue weighted by Crippen LogP contribution is -2.55. The molecule has 248 valence electrons. The summed E-state index contributed by atoms with van der Waals surface area (Å²) in [6.45, 7) is 3.27. The van der Waals surface area contributed by atoms with Gasteiger partial charge in [0.25, 0.3) is 0 Å². The van der Waals surface area contributed by atoms with Crippen LogP contribution in [0.15, 0.2) is 76.7 Å². The number of amides is 2. The molecule has 0 saturated carbocycles. The van der Waals surface area contributed by atoms with Crippen molar-refractivity contribution in [3.63, 3.8) is 0 Å². The zero-order valence-corrected chi connectivity index (χ0v) is 26.4. The molecule has 2 amide bonds. The highest BCUT2D eigenvalue weighted by atomic mass is 16.3. The number of nitrogens with one attached hydrogen (secondary N) is 3. The Kier molecular flexibility index (Phi) is 14.1. The molecule has 3 aromatic rings. The normalized spacial score (nSPS) is 13.6. The average Bonchev–Trinajstić information content (AvgIpc) is 3.03. The Balaban J connectivity index is 1.71. The molecule has 0 radical (unpaired) electrons. The van der Waals surface area contributed by atoms with E-state index in [4.69, 9.17) is 28.7 Å². The lowest BCUT2D eigenvalue weighted by molar-refractivity contribution is -0.130. The van der Waals surface area contributed by atoms with Crippen LogP contribution in [0.4, 0.5) is 0 Å². The quantitative estimate of drug-likeness (QED) is 0.0547. The smallest absolute Gasteiger partial charge is 0.242 e. The van der Waals surface area contributed by atoms with Crippen molar-refractivity contribution in [3.8, 4) is 5.75 Å². The van der Waals surface area contributed by atoms with Gasteiger partial charge in [-0.3, -0.25) is 19.6 Å². The Bertz CT molecular complexity index is 1460. The summed E-state index contributed by atoms with van der Waals surface area (Å²) < 4.78 is 0. The van der Waals surface area contributed by atoms with Crippen LogP contribution in [0.3, 0.4) is 0 Å². The zero-order valence-electron chi connectivity index (χ0n) is 26.4. The molecule has 0 saturated heterocycles. The Morgan fingerprint density at radius 2 is 1.43 bits per heavy atom. The maximum Gasteiger partial charge on any atom is 0.242 e. The second-order valence-electron chi connectivity index (χ2n) is 11.3. The number of nitrogens with zero attached hydrogens (tertiary/aromatic N) is 2. The van der Waals surface area contributed by atoms with Crippen molar-refractivity contribution < 1.29 is 14.7 Å². The lowest BCUT2D eigenvalue weighted by Gasteiger charge is -2.26. The number of benzene rings is 3. The van der Waals surface area contributed by atoms with Gasteiger partial charge < -0.3 is 49.7 Å². The standard InChI is InChI=1S/C33H48N10O3/c1-21(26-11-4-8-23-7-2-3-10-27(23)26)41-20-24(9-5-17-39-32(35)36)42-31(46)29(12-6-18-40-33(37)38)43-30(45)28(34)19-22-13-15-25(44)16-14-22/h2-4,7-8,10-11,13-16,21,24,28-29,41,44H,5-6,9,12,17-20,34H2,1H3,(H,42,46)(H,43,45)(H4,35,36,39)(H4,37,38,40)/t21-,24-,28-,29-/m0/s1. The minimum absolute atomic E-state index is 0.00353. The molecule has 14 N–H and O–H groups in total. The average molecular weight is 633 g/mol. The first kappa shape index (κ1) is 35.6. The van der Waals surface area contributed by atoms with Crippen LogP contribution in [0.2, 0.25) is 0 Å². The monoisotopic (exact) mass is 632 g/mol. The van der Waals surface area contributed by atoms with Gasteiger partial charge in [-0.05, 0) is 73.1 Å². The summed E-state index contributed by atoms with van der Waals surface area (Å²) in [5.41, 5.74) is 30.1. The van der Waals surface area contributed by atoms with E-state index in [1.54, 1.807) is 12.1 Å². The first-order valence-electron chi connectivity index (χ1n) is 15.5. The number of phenolic OH excluding ortho intramolecular Hbond substituents is 1. The zero-order chi connectivity index (χ0) is 33.5. The van der Waals surface area contributed by atoms with Crippen LogP contribution in [-0.2, 0) is 16.0 Å². The van der Waals surface area contributed by atoms with Crippen molar-refractivity contribution in [1.82, 2.24) is 16.0 Å². The van der Waals surface area contributed by atoms with Gasteiger partial charge in [-0.25, -0.2) is 0 Å². The molecule has 0 aliphatic heterocycles. The third-order valence-electron chi connectivity index (χ3n) is 7.62. The van der Waals surface area contributed by atoms with E-state index in [1.807, 2.05) is 18.2 Å². The first-order chi connectivity index (χ1) is 22.0. The van der Waals surface area contributed by atoms with E-state index < -0.39 is 18.0 Å². The van der Waals surface area contributed by atoms with Gasteiger partial charge in [-0.2, -0.15) is 0 Å². The molecule has 3 aromatic carbocycles. The van der Waals surface area contributed by atoms with Crippen LogP contribution in [0.5, 0.6) is 5.75 Å². The second kappa shape index (κ2) is 18.2. The highest BCUT2D eigenvalue weighted by Gasteiger charge is 2.26. The van der Waals surface area contributed by atoms with Crippen LogP contribution in [0, 0.1) is 0 Å². The molecule has 0 unspecified atom stereocenters. The molecule has 13 nitrogen and oxygen atoms in total. The molecule has 13 heteroatoms. The largest absolute Gasteiger partial charge is 0.508 e. The summed E-state index contributed by atoms with van der Waals surface area (Å²) in [7, 11) is 0. The first-order valence-corrected chi connectivity index (χ1v) is 15.5. The fraction of sp³-hybridized carbons (Fsp3) is 0.394. The van der Waals surface area contributed by atoms with E-state index in [0.29, 0.717) is 45.3 Å². The van der Waals surface area contributed by atoms with Gasteiger partial charge in [-0.1, -0.05) is 54.6 Å². The maximum atomic E-state index is 13.7. The molecule has 0 spiro atoms. The highest BCUT2D eigenvalue weighted by Crippen LogP contribution is 2.24. The predicted molar refractivity (Wildman–Crippen MR) is 184 cm³/mol. The van der Waals surface area contributed by atoms with E-state index in [9.17, 15) is 14.7 Å². The maximum absolute atomic E-state index is 13.7. The van der Waals surface area contributed by atoms with Gasteiger partial charge in [0.15, 0.2) is 11.9 Å². The Labute approximate surface area is 270 Å². The Hall–Kier alpha value is -4.88. The van der Waals surface area contributed by atoms with Gasteiger partial charge in [0, 0.05) is 31.7 Å². The van der Waals surface area contributed by atoms with Crippen LogP contribution in [0.1, 0.15) is 49.8 Å². The van der Waals surface area contributed by atoms with Gasteiger partial charge in [-0.15, -0.1) is 0 Å². The summed E-state index contributed by atoms with van der Waals surface area (Å²) in [5.74, 6) is -0.736. The summed E-state index contributed by atoms with van der Waals surface area (Å²) in [4.78, 5) is 34.9. The Morgan fingerprint density at radius 3 is 2.11 bits per heavy atom. The van der Waals surface area contributed by atoms with Gasteiger partial charge in [0.1, 0.15) is 11.8 Å². The molecule has 0 aliphatic carbocycles. The van der Waals surface area contributed by atoms with Crippen molar-refractivity contribution in [2.24, 2.45) is 38.7 Å². The van der Waals surface area contributed by atoms with Crippen molar-refractivity contribution in [2.45, 2.75) is 63.2 Å². The van der Waals surface area contributed by atoms with Crippen LogP contribution in [-0.4, -0.2) is 66.6 Å². The second-order valence-corrected chi connectivity index (χ2v) is 11.3. The molecule has 4 atom stereocenters. The molecule has 0 aromatic heterocycles. The number of aromatic hydroxyl groups is 1. The van der Waals surface area contributed by atoms with E-state index in [0.717, 1.165) is 21.9 Å². The molecule has 0 bridgehead atoms. The molecule has 0 heterocycles. The van der Waals surface area contributed by atoms with Crippen LogP contribution < -0.4 is 44.6 Å². The summed E-state index contributed by atoms with van der Waals surface area (Å²) in [6, 6.07) is 18.8. The number of fused-ring (bicyclic) bond motifs is 1. The number of rotatable bonds is 18. The highest BCUT2D eigenvalue weighted by molar-refractivity contribution is 5.90. The fourth-order valence-corrected chi connectivity index (χ4v) is 5.16. The number of phenols is 1. The van der Waals surface area contributed by atoms with E-state index in [-0.39, 0.29) is 42.1 Å². The van der Waals surface area contributed by atoms with Gasteiger partial charge in [0.05, 0.1) is 6.04 Å². The van der Waals surface area contributed by atoms with Crippen molar-refractivity contribution in [1.29, 1.82) is 0 Å². The number of nitrogens with two attached hydrogens (primary N) is 5. The fourth-order valence-electron chi connectivity index (χ4n) is 5.16. The summed E-state index contributed by atoms with van der Waals surface area (Å²) in [6.07, 6.45) is 2.20.